The van der Waals surface area contributed by atoms with Gasteiger partial charge in [-0.2, -0.15) is 0 Å². The predicted octanol–water partition coefficient (Wildman–Crippen LogP) is 2.17. The number of hydrogen-bond acceptors (Lipinski definition) is 8. The number of hydrogen-bond donors (Lipinski definition) is 3. The van der Waals surface area contributed by atoms with E-state index in [0.29, 0.717) is 38.9 Å². The van der Waals surface area contributed by atoms with E-state index in [9.17, 15) is 41.2 Å². The van der Waals surface area contributed by atoms with Gasteiger partial charge in [0.2, 0.25) is 28.3 Å². The minimum Gasteiger partial charge on any atom is -0.444 e. The molecule has 0 radical (unpaired) electrons. The highest BCUT2D eigenvalue weighted by Gasteiger charge is 2.62. The van der Waals surface area contributed by atoms with Crippen LogP contribution in [0.5, 0.6) is 0 Å². The van der Waals surface area contributed by atoms with Gasteiger partial charge in [0.25, 0.3) is 5.91 Å². The van der Waals surface area contributed by atoms with Crippen LogP contribution in [0.4, 0.5) is 18.4 Å². The highest BCUT2D eigenvalue weighted by Crippen LogP contribution is 2.45. The Morgan fingerprint density at radius 3 is 2.57 bits per heavy atom. The first kappa shape index (κ1) is 36.5. The fourth-order valence-corrected chi connectivity index (χ4v) is 8.63. The first-order valence-corrected chi connectivity index (χ1v) is 18.9. The topological polar surface area (TPSA) is 175 Å². The zero-order chi connectivity index (χ0) is 36.7. The van der Waals surface area contributed by atoms with E-state index >= 15 is 0 Å². The second-order valence-electron chi connectivity index (χ2n) is 14.2. The standard InChI is InChI=1S/C34H44F2N6O8S/c1-3-22-16-34(22,31(45)39-51(48,49)24-11-12-24)38-29(43)27-14-23-18-42(27)30(44)26(15-28(35)36)37-32(46)40(2)13-6-4-5-8-20-9-7-10-21-17-41(19-25(20)21)33(47)50-23/h3,7,9-10,22-24,26-28H,1,4-6,8,11-19H2,2H3,(H,37,46)(H,38,43)(H,39,45)/t22-,23+,26-,27-,34+/m0/s1. The van der Waals surface area contributed by atoms with Gasteiger partial charge in [0, 0.05) is 45.4 Å². The van der Waals surface area contributed by atoms with Crippen LogP contribution in [0.3, 0.4) is 0 Å². The summed E-state index contributed by atoms with van der Waals surface area (Å²) >= 11 is 0. The summed E-state index contributed by atoms with van der Waals surface area (Å²) < 4.78 is 60.7. The molecule has 51 heavy (non-hydrogen) atoms. The van der Waals surface area contributed by atoms with Crippen molar-refractivity contribution >= 4 is 39.9 Å². The summed E-state index contributed by atoms with van der Waals surface area (Å²) in [7, 11) is -2.46. The molecule has 17 heteroatoms. The minimum atomic E-state index is -3.96. The first-order valence-electron chi connectivity index (χ1n) is 17.4. The summed E-state index contributed by atoms with van der Waals surface area (Å²) in [4.78, 5) is 71.8. The zero-order valence-electron chi connectivity index (χ0n) is 28.4. The van der Waals surface area contributed by atoms with Crippen LogP contribution in [-0.4, -0.2) is 109 Å². The van der Waals surface area contributed by atoms with Crippen LogP contribution in [0.1, 0.15) is 68.1 Å². The van der Waals surface area contributed by atoms with Gasteiger partial charge in [0.15, 0.2) is 0 Å². The SMILES string of the molecule is C=C[C@H]1C[C@]1(NC(=O)[C@@H]1C[C@@H]2CN1C(=O)[C@H](CC(F)F)NC(=O)N(C)CCCCCc1cccc3c1CN(C3)C(=O)O2)C(=O)NS(=O)(=O)C1CC1. The Hall–Kier alpha value is -4.28. The van der Waals surface area contributed by atoms with Crippen LogP contribution in [0, 0.1) is 5.92 Å². The lowest BCUT2D eigenvalue weighted by molar-refractivity contribution is -0.141. The van der Waals surface area contributed by atoms with Gasteiger partial charge in [0.1, 0.15) is 23.7 Å². The summed E-state index contributed by atoms with van der Waals surface area (Å²) in [6.07, 6.45) is -0.715. The number of sulfonamides is 1. The Morgan fingerprint density at radius 2 is 1.88 bits per heavy atom. The second kappa shape index (κ2) is 14.4. The molecule has 5 aliphatic rings. The Bertz CT molecular complexity index is 1710. The zero-order valence-corrected chi connectivity index (χ0v) is 29.3. The summed E-state index contributed by atoms with van der Waals surface area (Å²) in [5.41, 5.74) is 1.46. The molecular weight excluding hydrogens is 690 g/mol. The average Bonchev–Trinajstić information content (AvgIpc) is 3.97. The number of nitrogens with zero attached hydrogens (tertiary/aromatic N) is 3. The molecule has 6 amide bonds. The fourth-order valence-electron chi connectivity index (χ4n) is 7.27. The molecule has 5 atom stereocenters. The maximum atomic E-state index is 14.0. The highest BCUT2D eigenvalue weighted by atomic mass is 32.2. The molecule has 2 saturated carbocycles. The highest BCUT2D eigenvalue weighted by molar-refractivity contribution is 7.91. The van der Waals surface area contributed by atoms with E-state index < -0.39 is 87.6 Å². The van der Waals surface area contributed by atoms with Gasteiger partial charge in [-0.1, -0.05) is 30.7 Å². The minimum absolute atomic E-state index is 0.0429. The van der Waals surface area contributed by atoms with Gasteiger partial charge < -0.3 is 25.2 Å². The van der Waals surface area contributed by atoms with E-state index in [2.05, 4.69) is 21.9 Å². The summed E-state index contributed by atoms with van der Waals surface area (Å²) in [5, 5.41) is 4.32. The van der Waals surface area contributed by atoms with Crippen molar-refractivity contribution in [3.63, 3.8) is 0 Å². The lowest BCUT2D eigenvalue weighted by Crippen LogP contribution is -2.59. The maximum absolute atomic E-state index is 14.0. The van der Waals surface area contributed by atoms with Crippen LogP contribution in [-0.2, 0) is 48.7 Å². The molecule has 3 fully saturated rings. The number of aryl methyl sites for hydroxylation is 1. The third kappa shape index (κ3) is 7.82. The number of carbonyl (C=O) groups excluding carboxylic acids is 5. The van der Waals surface area contributed by atoms with Crippen LogP contribution in [0.2, 0.25) is 0 Å². The molecule has 0 spiro atoms. The molecule has 1 saturated heterocycles. The van der Waals surface area contributed by atoms with Gasteiger partial charge in [0.05, 0.1) is 11.8 Å². The van der Waals surface area contributed by atoms with Crippen LogP contribution < -0.4 is 15.4 Å². The molecule has 3 aliphatic heterocycles. The van der Waals surface area contributed by atoms with Crippen LogP contribution >= 0.6 is 0 Å². The summed E-state index contributed by atoms with van der Waals surface area (Å²) in [6.45, 7) is 4.27. The van der Waals surface area contributed by atoms with E-state index in [4.69, 9.17) is 4.74 Å². The largest absolute Gasteiger partial charge is 0.444 e. The molecule has 1 aromatic rings. The number of fused-ring (bicyclic) bond motifs is 3. The molecule has 0 unspecified atom stereocenters. The molecule has 2 aliphatic carbocycles. The van der Waals surface area contributed by atoms with E-state index in [1.54, 1.807) is 0 Å². The monoisotopic (exact) mass is 734 g/mol. The van der Waals surface area contributed by atoms with Crippen molar-refractivity contribution in [2.24, 2.45) is 5.92 Å². The molecule has 6 rings (SSSR count). The Balaban J connectivity index is 1.27. The fraction of sp³-hybridized carbons (Fsp3) is 0.618. The molecule has 3 heterocycles. The van der Waals surface area contributed by atoms with Crippen molar-refractivity contribution in [1.29, 1.82) is 0 Å². The Kier molecular flexibility index (Phi) is 10.3. The summed E-state index contributed by atoms with van der Waals surface area (Å²) in [6, 6.07) is 2.04. The maximum Gasteiger partial charge on any atom is 0.410 e. The van der Waals surface area contributed by atoms with E-state index in [-0.39, 0.29) is 19.4 Å². The van der Waals surface area contributed by atoms with Crippen molar-refractivity contribution in [2.75, 3.05) is 20.1 Å². The van der Waals surface area contributed by atoms with Crippen molar-refractivity contribution in [3.05, 3.63) is 47.5 Å². The van der Waals surface area contributed by atoms with Gasteiger partial charge in [-0.15, -0.1) is 6.58 Å². The normalized spacial score (nSPS) is 28.7. The molecule has 14 nitrogen and oxygen atoms in total. The number of rotatable bonds is 8. The van der Waals surface area contributed by atoms with E-state index in [1.165, 1.54) is 22.9 Å². The first-order chi connectivity index (χ1) is 24.2. The molecule has 1 aromatic carbocycles. The van der Waals surface area contributed by atoms with Crippen molar-refractivity contribution < 1.29 is 45.9 Å². The molecule has 4 bridgehead atoms. The number of urea groups is 1. The van der Waals surface area contributed by atoms with Gasteiger partial charge in [-0.05, 0) is 55.2 Å². The lowest BCUT2D eigenvalue weighted by atomic mass is 9.98. The number of carbonyl (C=O) groups is 5. The van der Waals surface area contributed by atoms with E-state index in [0.717, 1.165) is 40.9 Å². The van der Waals surface area contributed by atoms with Crippen molar-refractivity contribution in [3.8, 4) is 0 Å². The molecule has 3 N–H and O–H groups in total. The van der Waals surface area contributed by atoms with Gasteiger partial charge >= 0.3 is 12.1 Å². The number of amides is 6. The average molecular weight is 735 g/mol. The Labute approximate surface area is 295 Å². The van der Waals surface area contributed by atoms with E-state index in [1.807, 2.05) is 18.2 Å². The number of ether oxygens (including phenoxy) is 1. The second-order valence-corrected chi connectivity index (χ2v) is 16.2. The van der Waals surface area contributed by atoms with Gasteiger partial charge in [-0.25, -0.2) is 26.8 Å². The molecular formula is C34H44F2N6O8S. The molecule has 278 valence electrons. The van der Waals surface area contributed by atoms with Crippen LogP contribution in [0.15, 0.2) is 30.9 Å². The lowest BCUT2D eigenvalue weighted by Gasteiger charge is -2.30. The predicted molar refractivity (Wildman–Crippen MR) is 178 cm³/mol. The van der Waals surface area contributed by atoms with Crippen LogP contribution in [0.25, 0.3) is 0 Å². The Morgan fingerprint density at radius 1 is 1.14 bits per heavy atom. The summed E-state index contributed by atoms with van der Waals surface area (Å²) in [5.74, 6) is -3.42. The smallest absolute Gasteiger partial charge is 0.410 e. The third-order valence-electron chi connectivity index (χ3n) is 10.5. The number of benzene rings is 1. The number of nitrogens with one attached hydrogen (secondary N) is 3. The molecule has 0 aromatic heterocycles. The number of alkyl halides is 2. The van der Waals surface area contributed by atoms with Gasteiger partial charge in [-0.3, -0.25) is 24.0 Å². The third-order valence-corrected chi connectivity index (χ3v) is 12.3. The quantitative estimate of drug-likeness (QED) is 0.341. The van der Waals surface area contributed by atoms with Crippen molar-refractivity contribution in [2.45, 2.75) is 106 Å². The van der Waals surface area contributed by atoms with Crippen molar-refractivity contribution in [1.82, 2.24) is 30.1 Å². The number of halogens is 2.